The van der Waals surface area contributed by atoms with Crippen molar-refractivity contribution in [1.29, 1.82) is 0 Å². The van der Waals surface area contributed by atoms with Crippen molar-refractivity contribution < 1.29 is 26.7 Å². The molecular formula is C11H14F3NO3S2. The molecule has 2 N–H and O–H groups in total. The molecule has 0 heterocycles. The second kappa shape index (κ2) is 6.79. The molecule has 0 aromatic heterocycles. The number of benzene rings is 1. The SMILES string of the molecule is Cc1c(CO)cccc1S(=O)(=O)NCCSC(F)(F)F. The van der Waals surface area contributed by atoms with Crippen LogP contribution >= 0.6 is 11.8 Å². The number of nitrogens with one attached hydrogen (secondary N) is 1. The first-order valence-corrected chi connectivity index (χ1v) is 8.04. The highest BCUT2D eigenvalue weighted by Gasteiger charge is 2.28. The van der Waals surface area contributed by atoms with Crippen LogP contribution in [0.4, 0.5) is 13.2 Å². The summed E-state index contributed by atoms with van der Waals surface area (Å²) in [5.74, 6) is -0.401. The summed E-state index contributed by atoms with van der Waals surface area (Å²) in [6, 6.07) is 4.39. The zero-order valence-corrected chi connectivity index (χ0v) is 12.2. The summed E-state index contributed by atoms with van der Waals surface area (Å²) in [5, 5.41) is 9.07. The number of rotatable bonds is 6. The van der Waals surface area contributed by atoms with Gasteiger partial charge in [-0.05, 0) is 35.9 Å². The second-order valence-corrected chi connectivity index (χ2v) is 6.79. The van der Waals surface area contributed by atoms with Crippen molar-refractivity contribution in [2.24, 2.45) is 0 Å². The number of hydrogen-bond donors (Lipinski definition) is 2. The molecule has 9 heteroatoms. The minimum atomic E-state index is -4.38. The van der Waals surface area contributed by atoms with E-state index in [1.54, 1.807) is 6.07 Å². The molecule has 1 aromatic carbocycles. The zero-order chi connectivity index (χ0) is 15.4. The Labute approximate surface area is 119 Å². The largest absolute Gasteiger partial charge is 0.441 e. The van der Waals surface area contributed by atoms with Crippen LogP contribution in [0.2, 0.25) is 0 Å². The van der Waals surface area contributed by atoms with Gasteiger partial charge in [0.05, 0.1) is 11.5 Å². The first kappa shape index (κ1) is 17.3. The smallest absolute Gasteiger partial charge is 0.392 e. The third kappa shape index (κ3) is 4.97. The van der Waals surface area contributed by atoms with E-state index < -0.39 is 21.3 Å². The summed E-state index contributed by atoms with van der Waals surface area (Å²) in [6.45, 7) is 0.902. The van der Waals surface area contributed by atoms with Gasteiger partial charge >= 0.3 is 5.51 Å². The summed E-state index contributed by atoms with van der Waals surface area (Å²) in [6.07, 6.45) is 0. The average Bonchev–Trinajstić information content (AvgIpc) is 2.34. The Morgan fingerprint density at radius 1 is 1.35 bits per heavy atom. The van der Waals surface area contributed by atoms with Crippen molar-refractivity contribution >= 4 is 21.8 Å². The van der Waals surface area contributed by atoms with Crippen molar-refractivity contribution in [2.75, 3.05) is 12.3 Å². The molecule has 0 saturated heterocycles. The molecule has 0 saturated carbocycles. The second-order valence-electron chi connectivity index (χ2n) is 3.89. The molecule has 1 aromatic rings. The standard InChI is InChI=1S/C11H14F3NO3S2/c1-8-9(7-16)3-2-4-10(8)20(17,18)15-5-6-19-11(12,13)14/h2-4,15-16H,5-7H2,1H3. The zero-order valence-electron chi connectivity index (χ0n) is 10.6. The lowest BCUT2D eigenvalue weighted by molar-refractivity contribution is -0.0327. The fourth-order valence-electron chi connectivity index (χ4n) is 1.54. The van der Waals surface area contributed by atoms with Crippen LogP contribution in [0.3, 0.4) is 0 Å². The molecule has 0 fully saturated rings. The highest BCUT2D eigenvalue weighted by Crippen LogP contribution is 2.29. The van der Waals surface area contributed by atoms with E-state index >= 15 is 0 Å². The highest BCUT2D eigenvalue weighted by atomic mass is 32.2. The Kier molecular flexibility index (Phi) is 5.87. The monoisotopic (exact) mass is 329 g/mol. The van der Waals surface area contributed by atoms with Crippen LogP contribution in [0.15, 0.2) is 23.1 Å². The molecule has 114 valence electrons. The van der Waals surface area contributed by atoms with Gasteiger partial charge in [-0.1, -0.05) is 12.1 Å². The molecule has 0 unspecified atom stereocenters. The summed E-state index contributed by atoms with van der Waals surface area (Å²) < 4.78 is 61.8. The maximum atomic E-state index is 12.0. The highest BCUT2D eigenvalue weighted by molar-refractivity contribution is 8.00. The fraction of sp³-hybridized carbons (Fsp3) is 0.455. The first-order chi connectivity index (χ1) is 9.17. The quantitative estimate of drug-likeness (QED) is 0.784. The Morgan fingerprint density at radius 3 is 2.55 bits per heavy atom. The summed E-state index contributed by atoms with van der Waals surface area (Å²) in [7, 11) is -3.88. The van der Waals surface area contributed by atoms with Gasteiger partial charge in [-0.15, -0.1) is 0 Å². The number of thioether (sulfide) groups is 1. The van der Waals surface area contributed by atoms with Crippen molar-refractivity contribution in [3.05, 3.63) is 29.3 Å². The van der Waals surface area contributed by atoms with E-state index in [0.717, 1.165) is 0 Å². The van der Waals surface area contributed by atoms with Gasteiger partial charge in [0, 0.05) is 12.3 Å². The van der Waals surface area contributed by atoms with Gasteiger partial charge in [-0.25, -0.2) is 13.1 Å². The van der Waals surface area contributed by atoms with Crippen LogP contribution in [0.5, 0.6) is 0 Å². The van der Waals surface area contributed by atoms with E-state index in [2.05, 4.69) is 4.72 Å². The maximum Gasteiger partial charge on any atom is 0.441 e. The van der Waals surface area contributed by atoms with Crippen molar-refractivity contribution in [3.63, 3.8) is 0 Å². The molecule has 20 heavy (non-hydrogen) atoms. The molecular weight excluding hydrogens is 315 g/mol. The van der Waals surface area contributed by atoms with Gasteiger partial charge in [-0.2, -0.15) is 13.2 Å². The lowest BCUT2D eigenvalue weighted by Gasteiger charge is -2.12. The summed E-state index contributed by atoms with van der Waals surface area (Å²) >= 11 is -0.286. The maximum absolute atomic E-state index is 12.0. The van der Waals surface area contributed by atoms with Crippen LogP contribution in [0, 0.1) is 6.92 Å². The minimum absolute atomic E-state index is 0.0407. The van der Waals surface area contributed by atoms with Gasteiger partial charge < -0.3 is 5.11 Å². The van der Waals surface area contributed by atoms with Crippen LogP contribution in [-0.2, 0) is 16.6 Å². The van der Waals surface area contributed by atoms with Gasteiger partial charge in [0.1, 0.15) is 0 Å². The van der Waals surface area contributed by atoms with Crippen molar-refractivity contribution in [3.8, 4) is 0 Å². The van der Waals surface area contributed by atoms with E-state index in [1.165, 1.54) is 19.1 Å². The van der Waals surface area contributed by atoms with Gasteiger partial charge in [0.25, 0.3) is 0 Å². The molecule has 0 aliphatic rings. The van der Waals surface area contributed by atoms with E-state index in [4.69, 9.17) is 5.11 Å². The van der Waals surface area contributed by atoms with Crippen LogP contribution < -0.4 is 4.72 Å². The van der Waals surface area contributed by atoms with Gasteiger partial charge in [-0.3, -0.25) is 0 Å². The minimum Gasteiger partial charge on any atom is -0.392 e. The predicted molar refractivity (Wildman–Crippen MR) is 70.8 cm³/mol. The molecule has 0 aliphatic heterocycles. The van der Waals surface area contributed by atoms with Crippen molar-refractivity contribution in [2.45, 2.75) is 23.9 Å². The van der Waals surface area contributed by atoms with E-state index in [9.17, 15) is 21.6 Å². The molecule has 0 aliphatic carbocycles. The number of alkyl halides is 3. The predicted octanol–water partition coefficient (Wildman–Crippen LogP) is 2.02. The summed E-state index contributed by atoms with van der Waals surface area (Å²) in [5.41, 5.74) is -3.54. The Morgan fingerprint density at radius 2 is 2.00 bits per heavy atom. The molecule has 0 radical (unpaired) electrons. The van der Waals surface area contributed by atoms with Crippen LogP contribution in [-0.4, -0.2) is 31.3 Å². The Bertz CT molecular complexity index is 559. The Balaban J connectivity index is 2.75. The number of hydrogen-bond acceptors (Lipinski definition) is 4. The molecule has 0 bridgehead atoms. The van der Waals surface area contributed by atoms with Crippen LogP contribution in [0.25, 0.3) is 0 Å². The van der Waals surface area contributed by atoms with Gasteiger partial charge in [0.2, 0.25) is 10.0 Å². The number of aliphatic hydroxyl groups excluding tert-OH is 1. The number of halogens is 3. The first-order valence-electron chi connectivity index (χ1n) is 5.57. The van der Waals surface area contributed by atoms with E-state index in [-0.39, 0.29) is 29.8 Å². The fourth-order valence-corrected chi connectivity index (χ4v) is 3.43. The molecule has 4 nitrogen and oxygen atoms in total. The number of aliphatic hydroxyl groups is 1. The Hall–Kier alpha value is -0.770. The average molecular weight is 329 g/mol. The third-order valence-electron chi connectivity index (χ3n) is 2.52. The van der Waals surface area contributed by atoms with E-state index in [0.29, 0.717) is 11.1 Å². The van der Waals surface area contributed by atoms with Crippen LogP contribution in [0.1, 0.15) is 11.1 Å². The van der Waals surface area contributed by atoms with E-state index in [1.807, 2.05) is 0 Å². The molecule has 0 spiro atoms. The molecule has 0 amide bonds. The summed E-state index contributed by atoms with van der Waals surface area (Å²) in [4.78, 5) is -0.0407. The normalized spacial score (nSPS) is 12.7. The number of sulfonamides is 1. The molecule has 0 atom stereocenters. The molecule has 1 rings (SSSR count). The lowest BCUT2D eigenvalue weighted by atomic mass is 10.1. The van der Waals surface area contributed by atoms with Gasteiger partial charge in [0.15, 0.2) is 0 Å². The lowest BCUT2D eigenvalue weighted by Crippen LogP contribution is -2.27. The third-order valence-corrected chi connectivity index (χ3v) is 4.86. The topological polar surface area (TPSA) is 66.4 Å². The van der Waals surface area contributed by atoms with Crippen molar-refractivity contribution in [1.82, 2.24) is 4.72 Å².